The van der Waals surface area contributed by atoms with Gasteiger partial charge in [-0.1, -0.05) is 0 Å². The molecule has 1 N–H and O–H groups in total. The van der Waals surface area contributed by atoms with Crippen molar-refractivity contribution < 1.29 is 19.4 Å². The maximum atomic E-state index is 11.2. The molecule has 13 heavy (non-hydrogen) atoms. The van der Waals surface area contributed by atoms with Crippen LogP contribution in [0.1, 0.15) is 12.8 Å². The average Bonchev–Trinajstić information content (AvgIpc) is 2.06. The Morgan fingerprint density at radius 1 is 1.23 bits per heavy atom. The topological polar surface area (TPSA) is 63.6 Å². The molecule has 0 saturated heterocycles. The lowest BCUT2D eigenvalue weighted by Gasteiger charge is -2.55. The van der Waals surface area contributed by atoms with Crippen LogP contribution in [0.15, 0.2) is 0 Å². The lowest BCUT2D eigenvalue weighted by atomic mass is 9.47. The number of esters is 1. The van der Waals surface area contributed by atoms with Crippen molar-refractivity contribution in [2.45, 2.75) is 12.8 Å². The number of hydrogen-bond donors (Lipinski definition) is 1. The van der Waals surface area contributed by atoms with Crippen molar-refractivity contribution in [3.63, 3.8) is 0 Å². The van der Waals surface area contributed by atoms with Gasteiger partial charge in [-0.2, -0.15) is 0 Å². The van der Waals surface area contributed by atoms with Crippen molar-refractivity contribution in [1.82, 2.24) is 0 Å². The first-order valence-electron chi connectivity index (χ1n) is 4.47. The summed E-state index contributed by atoms with van der Waals surface area (Å²) in [6, 6.07) is 0. The molecular weight excluding hydrogens is 172 g/mol. The van der Waals surface area contributed by atoms with E-state index in [1.54, 1.807) is 0 Å². The van der Waals surface area contributed by atoms with Gasteiger partial charge in [0.2, 0.25) is 0 Å². The summed E-state index contributed by atoms with van der Waals surface area (Å²) < 4.78 is 4.58. The van der Waals surface area contributed by atoms with Crippen molar-refractivity contribution >= 4 is 11.9 Å². The molecule has 0 bridgehead atoms. The minimum absolute atomic E-state index is 0.238. The summed E-state index contributed by atoms with van der Waals surface area (Å²) in [7, 11) is 1.31. The van der Waals surface area contributed by atoms with Crippen LogP contribution in [0.25, 0.3) is 0 Å². The van der Waals surface area contributed by atoms with E-state index in [-0.39, 0.29) is 23.7 Å². The van der Waals surface area contributed by atoms with E-state index in [1.807, 2.05) is 0 Å². The van der Waals surface area contributed by atoms with Gasteiger partial charge >= 0.3 is 11.9 Å². The molecule has 0 radical (unpaired) electrons. The van der Waals surface area contributed by atoms with Gasteiger partial charge in [0, 0.05) is 0 Å². The molecule has 0 heterocycles. The van der Waals surface area contributed by atoms with Gasteiger partial charge in [0.05, 0.1) is 18.9 Å². The Morgan fingerprint density at radius 3 is 2.15 bits per heavy atom. The SMILES string of the molecule is COC(=O)[C@H]1[C@@H]2CC[C@@H]2[C@H]1C(=O)O. The molecule has 0 unspecified atom stereocenters. The number of ether oxygens (including phenoxy) is 1. The first-order valence-corrected chi connectivity index (χ1v) is 4.47. The molecule has 2 aliphatic rings. The van der Waals surface area contributed by atoms with Gasteiger partial charge in [-0.05, 0) is 24.7 Å². The van der Waals surface area contributed by atoms with E-state index in [1.165, 1.54) is 7.11 Å². The molecule has 0 spiro atoms. The Labute approximate surface area is 75.9 Å². The van der Waals surface area contributed by atoms with Crippen LogP contribution in [0, 0.1) is 23.7 Å². The van der Waals surface area contributed by atoms with E-state index in [0.29, 0.717) is 0 Å². The number of carbonyl (C=O) groups is 2. The number of methoxy groups -OCH3 is 1. The predicted molar refractivity (Wildman–Crippen MR) is 42.8 cm³/mol. The van der Waals surface area contributed by atoms with Gasteiger partial charge in [-0.3, -0.25) is 9.59 Å². The number of carboxylic acids is 1. The third-order valence-corrected chi connectivity index (χ3v) is 3.45. The van der Waals surface area contributed by atoms with Crippen LogP contribution in [0.4, 0.5) is 0 Å². The number of carboxylic acid groups (broad SMARTS) is 1. The summed E-state index contributed by atoms with van der Waals surface area (Å²) in [5.41, 5.74) is 0. The summed E-state index contributed by atoms with van der Waals surface area (Å²) in [6.07, 6.45) is 1.93. The first-order chi connectivity index (χ1) is 6.16. The van der Waals surface area contributed by atoms with Gasteiger partial charge in [-0.25, -0.2) is 0 Å². The fourth-order valence-corrected chi connectivity index (χ4v) is 2.62. The van der Waals surface area contributed by atoms with E-state index in [2.05, 4.69) is 4.74 Å². The zero-order valence-corrected chi connectivity index (χ0v) is 7.40. The van der Waals surface area contributed by atoms with Crippen molar-refractivity contribution in [3.05, 3.63) is 0 Å². The van der Waals surface area contributed by atoms with Gasteiger partial charge < -0.3 is 9.84 Å². The molecule has 2 aliphatic carbocycles. The number of hydrogen-bond acceptors (Lipinski definition) is 3. The second kappa shape index (κ2) is 2.72. The Hall–Kier alpha value is -1.06. The maximum Gasteiger partial charge on any atom is 0.309 e. The normalized spacial score (nSPS) is 41.0. The number of rotatable bonds is 2. The van der Waals surface area contributed by atoms with Crippen molar-refractivity contribution in [2.24, 2.45) is 23.7 Å². The van der Waals surface area contributed by atoms with E-state index >= 15 is 0 Å². The minimum Gasteiger partial charge on any atom is -0.481 e. The van der Waals surface area contributed by atoms with E-state index < -0.39 is 11.9 Å². The zero-order chi connectivity index (χ0) is 9.59. The smallest absolute Gasteiger partial charge is 0.309 e. The molecule has 0 aliphatic heterocycles. The Balaban J connectivity index is 2.09. The molecule has 0 aromatic carbocycles. The highest BCUT2D eigenvalue weighted by atomic mass is 16.5. The fourth-order valence-electron chi connectivity index (χ4n) is 2.62. The predicted octanol–water partition coefficient (Wildman–Crippen LogP) is 0.516. The molecular formula is C9H12O4. The maximum absolute atomic E-state index is 11.2. The molecule has 0 amide bonds. The summed E-state index contributed by atoms with van der Waals surface area (Å²) in [5.74, 6) is -1.53. The van der Waals surface area contributed by atoms with Gasteiger partial charge in [0.1, 0.15) is 0 Å². The summed E-state index contributed by atoms with van der Waals surface area (Å²) in [5, 5.41) is 8.86. The van der Waals surface area contributed by atoms with Crippen LogP contribution in [-0.2, 0) is 14.3 Å². The third kappa shape index (κ3) is 0.975. The number of fused-ring (bicyclic) bond motifs is 1. The van der Waals surface area contributed by atoms with Gasteiger partial charge in [0.15, 0.2) is 0 Å². The number of carbonyl (C=O) groups excluding carboxylic acids is 1. The molecule has 0 aromatic heterocycles. The largest absolute Gasteiger partial charge is 0.481 e. The van der Waals surface area contributed by atoms with Crippen LogP contribution >= 0.6 is 0 Å². The molecule has 4 nitrogen and oxygen atoms in total. The van der Waals surface area contributed by atoms with E-state index in [4.69, 9.17) is 5.11 Å². The van der Waals surface area contributed by atoms with Crippen molar-refractivity contribution in [2.75, 3.05) is 7.11 Å². The van der Waals surface area contributed by atoms with Gasteiger partial charge in [0.25, 0.3) is 0 Å². The second-order valence-corrected chi connectivity index (χ2v) is 3.82. The molecule has 0 aromatic rings. The monoisotopic (exact) mass is 184 g/mol. The lowest BCUT2D eigenvalue weighted by molar-refractivity contribution is -0.189. The third-order valence-electron chi connectivity index (χ3n) is 3.45. The van der Waals surface area contributed by atoms with Crippen LogP contribution in [0.3, 0.4) is 0 Å². The van der Waals surface area contributed by atoms with Crippen LogP contribution in [-0.4, -0.2) is 24.2 Å². The second-order valence-electron chi connectivity index (χ2n) is 3.82. The standard InChI is InChI=1S/C9H12O4/c1-13-9(12)7-5-3-2-4(5)6(7)8(10)11/h4-7H,2-3H2,1H3,(H,10,11)/t4-,5+,6+,7-/m0/s1. The van der Waals surface area contributed by atoms with Crippen molar-refractivity contribution in [3.8, 4) is 0 Å². The summed E-state index contributed by atoms with van der Waals surface area (Å²) in [4.78, 5) is 22.0. The van der Waals surface area contributed by atoms with Crippen molar-refractivity contribution in [1.29, 1.82) is 0 Å². The molecule has 4 heteroatoms. The minimum atomic E-state index is -0.851. The van der Waals surface area contributed by atoms with E-state index in [0.717, 1.165) is 12.8 Å². The van der Waals surface area contributed by atoms with E-state index in [9.17, 15) is 9.59 Å². The zero-order valence-electron chi connectivity index (χ0n) is 7.40. The average molecular weight is 184 g/mol. The quantitative estimate of drug-likeness (QED) is 0.635. The highest BCUT2D eigenvalue weighted by Gasteiger charge is 2.61. The lowest BCUT2D eigenvalue weighted by Crippen LogP contribution is -2.59. The highest BCUT2D eigenvalue weighted by Crippen LogP contribution is 2.58. The summed E-state index contributed by atoms with van der Waals surface area (Å²) in [6.45, 7) is 0. The van der Waals surface area contributed by atoms with Crippen LogP contribution in [0.2, 0.25) is 0 Å². The molecule has 2 fully saturated rings. The van der Waals surface area contributed by atoms with Crippen LogP contribution < -0.4 is 0 Å². The Morgan fingerprint density at radius 2 is 1.77 bits per heavy atom. The van der Waals surface area contributed by atoms with Crippen LogP contribution in [0.5, 0.6) is 0 Å². The first kappa shape index (κ1) is 8.53. The highest BCUT2D eigenvalue weighted by molar-refractivity contribution is 5.84. The molecule has 2 rings (SSSR count). The number of aliphatic carboxylic acids is 1. The van der Waals surface area contributed by atoms with Gasteiger partial charge in [-0.15, -0.1) is 0 Å². The molecule has 72 valence electrons. The Kier molecular flexibility index (Phi) is 1.78. The fraction of sp³-hybridized carbons (Fsp3) is 0.778. The molecule has 4 atom stereocenters. The molecule has 2 saturated carbocycles. The summed E-state index contributed by atoms with van der Waals surface area (Å²) >= 11 is 0. The Bertz CT molecular complexity index is 260.